The maximum absolute atomic E-state index is 12.6. The fraction of sp³-hybridized carbons (Fsp3) is 0. The van der Waals surface area contributed by atoms with Crippen molar-refractivity contribution in [2.75, 3.05) is 0 Å². The van der Waals surface area contributed by atoms with Crippen molar-refractivity contribution in [3.63, 3.8) is 0 Å². The molecule has 0 atom stereocenters. The Morgan fingerprint density at radius 3 is 2.67 bits per heavy atom. The Bertz CT molecular complexity index is 1020. The van der Waals surface area contributed by atoms with Crippen molar-refractivity contribution in [2.45, 2.75) is 0 Å². The molecule has 0 spiro atoms. The molecule has 7 heteroatoms. The first-order chi connectivity index (χ1) is 10.2. The number of aromatic nitrogens is 5. The van der Waals surface area contributed by atoms with Crippen LogP contribution in [0.2, 0.25) is 0 Å². The van der Waals surface area contributed by atoms with Crippen LogP contribution in [0.1, 0.15) is 0 Å². The third-order valence-electron chi connectivity index (χ3n) is 3.30. The summed E-state index contributed by atoms with van der Waals surface area (Å²) in [6, 6.07) is 8.19. The molecule has 4 aromatic rings. The van der Waals surface area contributed by atoms with Crippen molar-refractivity contribution in [2.24, 2.45) is 0 Å². The Hall–Kier alpha value is -3.22. The highest BCUT2D eigenvalue weighted by atomic mass is 16.3. The van der Waals surface area contributed by atoms with E-state index in [1.165, 1.54) is 33.7 Å². The zero-order chi connectivity index (χ0) is 14.4. The Labute approximate surface area is 117 Å². The molecule has 21 heavy (non-hydrogen) atoms. The minimum Gasteiger partial charge on any atom is -0.508 e. The lowest BCUT2D eigenvalue weighted by atomic mass is 10.2. The second-order valence-corrected chi connectivity index (χ2v) is 4.54. The van der Waals surface area contributed by atoms with E-state index in [-0.39, 0.29) is 11.3 Å². The standard InChI is InChI=1S/C14H9N5O2/c20-10-3-1-9(2-4-10)18-6-5-12-11(13(18)21)7-15-14-16-8-17-19(12)14/h1-8,20H. The van der Waals surface area contributed by atoms with Crippen LogP contribution in [0.5, 0.6) is 5.75 Å². The number of pyridine rings is 1. The van der Waals surface area contributed by atoms with Crippen LogP contribution < -0.4 is 5.56 Å². The molecule has 0 amide bonds. The third-order valence-corrected chi connectivity index (χ3v) is 3.30. The first kappa shape index (κ1) is 11.6. The molecule has 0 radical (unpaired) electrons. The summed E-state index contributed by atoms with van der Waals surface area (Å²) in [6.07, 6.45) is 4.56. The van der Waals surface area contributed by atoms with E-state index in [4.69, 9.17) is 0 Å². The second kappa shape index (κ2) is 4.14. The SMILES string of the molecule is O=c1c2cnc3ncnn3c2ccn1-c1ccc(O)cc1. The molecule has 0 fully saturated rings. The van der Waals surface area contributed by atoms with Crippen LogP contribution in [0.15, 0.2) is 53.8 Å². The lowest BCUT2D eigenvalue weighted by Crippen LogP contribution is -2.18. The van der Waals surface area contributed by atoms with E-state index < -0.39 is 0 Å². The average Bonchev–Trinajstić information content (AvgIpc) is 2.97. The molecular weight excluding hydrogens is 270 g/mol. The molecule has 7 nitrogen and oxygen atoms in total. The number of phenolic OH excluding ortho intramolecular Hbond substituents is 1. The summed E-state index contributed by atoms with van der Waals surface area (Å²) in [4.78, 5) is 20.7. The zero-order valence-corrected chi connectivity index (χ0v) is 10.7. The quantitative estimate of drug-likeness (QED) is 0.564. The highest BCUT2D eigenvalue weighted by Gasteiger charge is 2.09. The average molecular weight is 279 g/mol. The van der Waals surface area contributed by atoms with Crippen molar-refractivity contribution >= 4 is 16.7 Å². The summed E-state index contributed by atoms with van der Waals surface area (Å²) in [5, 5.41) is 13.8. The van der Waals surface area contributed by atoms with Gasteiger partial charge in [-0.1, -0.05) is 0 Å². The van der Waals surface area contributed by atoms with Gasteiger partial charge < -0.3 is 5.11 Å². The van der Waals surface area contributed by atoms with Crippen LogP contribution in [-0.4, -0.2) is 29.3 Å². The summed E-state index contributed by atoms with van der Waals surface area (Å²) in [7, 11) is 0. The van der Waals surface area contributed by atoms with Gasteiger partial charge in [-0.15, -0.1) is 0 Å². The number of phenols is 1. The van der Waals surface area contributed by atoms with Gasteiger partial charge in [-0.3, -0.25) is 9.36 Å². The van der Waals surface area contributed by atoms with Crippen LogP contribution in [0.3, 0.4) is 0 Å². The van der Waals surface area contributed by atoms with E-state index in [0.717, 1.165) is 0 Å². The van der Waals surface area contributed by atoms with E-state index in [0.29, 0.717) is 22.4 Å². The highest BCUT2D eigenvalue weighted by molar-refractivity contribution is 5.78. The van der Waals surface area contributed by atoms with E-state index in [2.05, 4.69) is 15.1 Å². The molecule has 4 rings (SSSR count). The molecular formula is C14H9N5O2. The van der Waals surface area contributed by atoms with E-state index in [1.807, 2.05) is 0 Å². The maximum Gasteiger partial charge on any atom is 0.266 e. The van der Waals surface area contributed by atoms with Gasteiger partial charge in [0.25, 0.3) is 11.3 Å². The lowest BCUT2D eigenvalue weighted by Gasteiger charge is -2.07. The molecule has 0 aliphatic carbocycles. The number of aromatic hydroxyl groups is 1. The van der Waals surface area contributed by atoms with Crippen LogP contribution in [0, 0.1) is 0 Å². The van der Waals surface area contributed by atoms with Gasteiger partial charge in [0.15, 0.2) is 0 Å². The minimum atomic E-state index is -0.205. The minimum absolute atomic E-state index is 0.151. The van der Waals surface area contributed by atoms with Gasteiger partial charge in [-0.2, -0.15) is 14.6 Å². The summed E-state index contributed by atoms with van der Waals surface area (Å²) >= 11 is 0. The van der Waals surface area contributed by atoms with E-state index in [1.54, 1.807) is 24.4 Å². The summed E-state index contributed by atoms with van der Waals surface area (Å²) < 4.78 is 3.02. The Balaban J connectivity index is 2.04. The molecule has 0 aliphatic rings. The van der Waals surface area contributed by atoms with Crippen LogP contribution >= 0.6 is 0 Å². The van der Waals surface area contributed by atoms with Gasteiger partial charge >= 0.3 is 0 Å². The third kappa shape index (κ3) is 1.68. The number of fused-ring (bicyclic) bond motifs is 3. The fourth-order valence-corrected chi connectivity index (χ4v) is 2.28. The molecule has 3 heterocycles. The van der Waals surface area contributed by atoms with Crippen molar-refractivity contribution in [3.8, 4) is 11.4 Å². The summed E-state index contributed by atoms with van der Waals surface area (Å²) in [5.74, 6) is 0.600. The second-order valence-electron chi connectivity index (χ2n) is 4.54. The first-order valence-corrected chi connectivity index (χ1v) is 6.23. The topological polar surface area (TPSA) is 85.3 Å². The number of nitrogens with zero attached hydrogens (tertiary/aromatic N) is 5. The van der Waals surface area contributed by atoms with Gasteiger partial charge in [0.2, 0.25) is 0 Å². The Morgan fingerprint density at radius 1 is 1.05 bits per heavy atom. The maximum atomic E-state index is 12.6. The molecule has 0 saturated carbocycles. The summed E-state index contributed by atoms with van der Waals surface area (Å²) in [6.45, 7) is 0. The molecule has 0 saturated heterocycles. The number of benzene rings is 1. The smallest absolute Gasteiger partial charge is 0.266 e. The van der Waals surface area contributed by atoms with Gasteiger partial charge in [-0.25, -0.2) is 4.98 Å². The number of rotatable bonds is 1. The van der Waals surface area contributed by atoms with Crippen LogP contribution in [0.25, 0.3) is 22.4 Å². The lowest BCUT2D eigenvalue weighted by molar-refractivity contribution is 0.475. The largest absolute Gasteiger partial charge is 0.508 e. The molecule has 3 aromatic heterocycles. The summed E-state index contributed by atoms with van der Waals surface area (Å²) in [5.41, 5.74) is 1.11. The monoisotopic (exact) mass is 279 g/mol. The molecule has 1 aromatic carbocycles. The predicted octanol–water partition coefficient (Wildman–Crippen LogP) is 1.13. The van der Waals surface area contributed by atoms with E-state index in [9.17, 15) is 9.90 Å². The van der Waals surface area contributed by atoms with Gasteiger partial charge in [0.1, 0.15) is 12.1 Å². The Morgan fingerprint density at radius 2 is 1.86 bits per heavy atom. The van der Waals surface area contributed by atoms with Gasteiger partial charge in [0.05, 0.1) is 10.9 Å². The van der Waals surface area contributed by atoms with Crippen LogP contribution in [0.4, 0.5) is 0 Å². The van der Waals surface area contributed by atoms with Crippen molar-refractivity contribution < 1.29 is 5.11 Å². The normalized spacial score (nSPS) is 11.2. The van der Waals surface area contributed by atoms with Gasteiger partial charge in [0, 0.05) is 18.1 Å². The first-order valence-electron chi connectivity index (χ1n) is 6.23. The zero-order valence-electron chi connectivity index (χ0n) is 10.7. The molecule has 0 bridgehead atoms. The van der Waals surface area contributed by atoms with Gasteiger partial charge in [-0.05, 0) is 30.3 Å². The highest BCUT2D eigenvalue weighted by Crippen LogP contribution is 2.14. The molecule has 102 valence electrons. The molecule has 0 unspecified atom stereocenters. The molecule has 1 N–H and O–H groups in total. The predicted molar refractivity (Wildman–Crippen MR) is 75.5 cm³/mol. The number of hydrogen-bond donors (Lipinski definition) is 1. The molecule has 0 aliphatic heterocycles. The van der Waals surface area contributed by atoms with Crippen LogP contribution in [-0.2, 0) is 0 Å². The Kier molecular flexibility index (Phi) is 2.28. The fourth-order valence-electron chi connectivity index (χ4n) is 2.28. The van der Waals surface area contributed by atoms with Crippen molar-refractivity contribution in [3.05, 3.63) is 59.4 Å². The number of hydrogen-bond acceptors (Lipinski definition) is 5. The van der Waals surface area contributed by atoms with E-state index >= 15 is 0 Å². The van der Waals surface area contributed by atoms with Crippen molar-refractivity contribution in [1.29, 1.82) is 0 Å². The van der Waals surface area contributed by atoms with Crippen molar-refractivity contribution in [1.82, 2.24) is 24.1 Å².